The SMILES string of the molecule is CCc1cc(COC(=O)c2cccc(N)c2)n(CC)n1. The molecule has 0 saturated heterocycles. The lowest BCUT2D eigenvalue weighted by atomic mass is 10.2. The molecule has 0 aliphatic carbocycles. The molecule has 0 radical (unpaired) electrons. The number of nitrogens with two attached hydrogens (primary N) is 1. The van der Waals surface area contributed by atoms with E-state index in [1.54, 1.807) is 24.3 Å². The first-order chi connectivity index (χ1) is 9.63. The molecular weight excluding hydrogens is 254 g/mol. The van der Waals surface area contributed by atoms with Crippen LogP contribution in [0.4, 0.5) is 5.69 Å². The third-order valence-electron chi connectivity index (χ3n) is 3.05. The molecule has 0 unspecified atom stereocenters. The molecule has 0 aliphatic rings. The van der Waals surface area contributed by atoms with Crippen molar-refractivity contribution in [2.75, 3.05) is 5.73 Å². The zero-order chi connectivity index (χ0) is 14.5. The van der Waals surface area contributed by atoms with Gasteiger partial charge in [0, 0.05) is 12.2 Å². The van der Waals surface area contributed by atoms with E-state index in [0.717, 1.165) is 24.4 Å². The van der Waals surface area contributed by atoms with Gasteiger partial charge in [0.2, 0.25) is 0 Å². The second-order valence-corrected chi connectivity index (χ2v) is 4.50. The molecule has 1 aromatic carbocycles. The normalized spacial score (nSPS) is 10.5. The van der Waals surface area contributed by atoms with Gasteiger partial charge in [0.15, 0.2) is 0 Å². The summed E-state index contributed by atoms with van der Waals surface area (Å²) in [6.45, 7) is 5.03. The quantitative estimate of drug-likeness (QED) is 0.671. The number of ether oxygens (including phenoxy) is 1. The molecule has 1 aromatic heterocycles. The van der Waals surface area contributed by atoms with Crippen molar-refractivity contribution in [3.05, 3.63) is 47.3 Å². The Kier molecular flexibility index (Phi) is 4.40. The number of hydrogen-bond acceptors (Lipinski definition) is 4. The van der Waals surface area contributed by atoms with E-state index in [2.05, 4.69) is 5.10 Å². The fraction of sp³-hybridized carbons (Fsp3) is 0.333. The summed E-state index contributed by atoms with van der Waals surface area (Å²) in [5.41, 5.74) is 8.56. The fourth-order valence-electron chi connectivity index (χ4n) is 1.97. The van der Waals surface area contributed by atoms with Gasteiger partial charge in [0.05, 0.1) is 17.0 Å². The number of nitrogens with zero attached hydrogens (tertiary/aromatic N) is 2. The summed E-state index contributed by atoms with van der Waals surface area (Å²) < 4.78 is 7.17. The number of nitrogen functional groups attached to an aromatic ring is 1. The van der Waals surface area contributed by atoms with E-state index >= 15 is 0 Å². The van der Waals surface area contributed by atoms with Crippen molar-refractivity contribution in [2.24, 2.45) is 0 Å². The number of rotatable bonds is 5. The largest absolute Gasteiger partial charge is 0.456 e. The maximum absolute atomic E-state index is 11.9. The van der Waals surface area contributed by atoms with E-state index in [4.69, 9.17) is 10.5 Å². The lowest BCUT2D eigenvalue weighted by Gasteiger charge is -2.06. The molecule has 20 heavy (non-hydrogen) atoms. The average Bonchev–Trinajstić information content (AvgIpc) is 2.87. The van der Waals surface area contributed by atoms with Crippen molar-refractivity contribution >= 4 is 11.7 Å². The molecule has 2 N–H and O–H groups in total. The predicted molar refractivity (Wildman–Crippen MR) is 77.3 cm³/mol. The van der Waals surface area contributed by atoms with E-state index in [1.165, 1.54) is 0 Å². The standard InChI is InChI=1S/C15H19N3O2/c1-3-13-9-14(18(4-2)17-13)10-20-15(19)11-6-5-7-12(16)8-11/h5-9H,3-4,10,16H2,1-2H3. The Hall–Kier alpha value is -2.30. The van der Waals surface area contributed by atoms with E-state index in [1.807, 2.05) is 24.6 Å². The molecule has 0 bridgehead atoms. The Labute approximate surface area is 118 Å². The van der Waals surface area contributed by atoms with Crippen molar-refractivity contribution in [2.45, 2.75) is 33.4 Å². The van der Waals surface area contributed by atoms with Crippen molar-refractivity contribution < 1.29 is 9.53 Å². The van der Waals surface area contributed by atoms with Gasteiger partial charge in [-0.3, -0.25) is 4.68 Å². The second kappa shape index (κ2) is 6.23. The topological polar surface area (TPSA) is 70.1 Å². The molecule has 106 valence electrons. The number of benzene rings is 1. The third-order valence-corrected chi connectivity index (χ3v) is 3.05. The van der Waals surface area contributed by atoms with Gasteiger partial charge in [-0.05, 0) is 37.6 Å². The van der Waals surface area contributed by atoms with Crippen LogP contribution in [-0.2, 0) is 24.3 Å². The van der Waals surface area contributed by atoms with Crippen LogP contribution in [0.1, 0.15) is 35.6 Å². The van der Waals surface area contributed by atoms with Crippen LogP contribution in [0, 0.1) is 0 Å². The summed E-state index contributed by atoms with van der Waals surface area (Å²) in [4.78, 5) is 11.9. The molecular formula is C15H19N3O2. The number of aryl methyl sites for hydroxylation is 2. The highest BCUT2D eigenvalue weighted by molar-refractivity contribution is 5.90. The summed E-state index contributed by atoms with van der Waals surface area (Å²) >= 11 is 0. The van der Waals surface area contributed by atoms with Gasteiger partial charge in [-0.25, -0.2) is 4.79 Å². The van der Waals surface area contributed by atoms with Crippen LogP contribution in [0.5, 0.6) is 0 Å². The molecule has 2 rings (SSSR count). The van der Waals surface area contributed by atoms with Gasteiger partial charge in [-0.1, -0.05) is 13.0 Å². The minimum Gasteiger partial charge on any atom is -0.456 e. The van der Waals surface area contributed by atoms with Crippen LogP contribution in [-0.4, -0.2) is 15.7 Å². The summed E-state index contributed by atoms with van der Waals surface area (Å²) in [6, 6.07) is 8.73. The molecule has 0 amide bonds. The predicted octanol–water partition coefficient (Wildman–Crippen LogP) is 2.40. The number of hydrogen-bond donors (Lipinski definition) is 1. The number of esters is 1. The second-order valence-electron chi connectivity index (χ2n) is 4.50. The Morgan fingerprint density at radius 2 is 2.15 bits per heavy atom. The van der Waals surface area contributed by atoms with Crippen LogP contribution in [0.3, 0.4) is 0 Å². The lowest BCUT2D eigenvalue weighted by Crippen LogP contribution is -2.09. The molecule has 5 nitrogen and oxygen atoms in total. The van der Waals surface area contributed by atoms with E-state index < -0.39 is 0 Å². The van der Waals surface area contributed by atoms with Crippen molar-refractivity contribution in [1.29, 1.82) is 0 Å². The van der Waals surface area contributed by atoms with Crippen LogP contribution in [0.2, 0.25) is 0 Å². The summed E-state index contributed by atoms with van der Waals surface area (Å²) in [7, 11) is 0. The van der Waals surface area contributed by atoms with Gasteiger partial charge >= 0.3 is 5.97 Å². The molecule has 2 aromatic rings. The zero-order valence-electron chi connectivity index (χ0n) is 11.8. The first-order valence-electron chi connectivity index (χ1n) is 6.72. The molecule has 0 aliphatic heterocycles. The summed E-state index contributed by atoms with van der Waals surface area (Å²) in [6.07, 6.45) is 0.864. The van der Waals surface area contributed by atoms with Gasteiger partial charge < -0.3 is 10.5 Å². The Morgan fingerprint density at radius 1 is 1.35 bits per heavy atom. The Balaban J connectivity index is 2.05. The van der Waals surface area contributed by atoms with Crippen LogP contribution in [0.25, 0.3) is 0 Å². The molecule has 1 heterocycles. The summed E-state index contributed by atoms with van der Waals surface area (Å²) in [5, 5.41) is 4.42. The highest BCUT2D eigenvalue weighted by atomic mass is 16.5. The smallest absolute Gasteiger partial charge is 0.338 e. The molecule has 0 saturated carbocycles. The van der Waals surface area contributed by atoms with Gasteiger partial charge in [0.25, 0.3) is 0 Å². The minimum absolute atomic E-state index is 0.217. The van der Waals surface area contributed by atoms with Gasteiger partial charge in [-0.2, -0.15) is 5.10 Å². The zero-order valence-corrected chi connectivity index (χ0v) is 11.8. The van der Waals surface area contributed by atoms with Crippen LogP contribution in [0.15, 0.2) is 30.3 Å². The number of carbonyl (C=O) groups is 1. The molecule has 5 heteroatoms. The number of aromatic nitrogens is 2. The maximum atomic E-state index is 11.9. The van der Waals surface area contributed by atoms with E-state index in [9.17, 15) is 4.79 Å². The van der Waals surface area contributed by atoms with Crippen LogP contribution >= 0.6 is 0 Å². The monoisotopic (exact) mass is 273 g/mol. The van der Waals surface area contributed by atoms with Crippen LogP contribution < -0.4 is 5.73 Å². The van der Waals surface area contributed by atoms with E-state index in [-0.39, 0.29) is 12.6 Å². The van der Waals surface area contributed by atoms with E-state index in [0.29, 0.717) is 11.3 Å². The maximum Gasteiger partial charge on any atom is 0.338 e. The molecule has 0 fully saturated rings. The number of anilines is 1. The minimum atomic E-state index is -0.376. The highest BCUT2D eigenvalue weighted by Gasteiger charge is 2.11. The first kappa shape index (κ1) is 14.1. The lowest BCUT2D eigenvalue weighted by molar-refractivity contribution is 0.0462. The Bertz CT molecular complexity index is 605. The Morgan fingerprint density at radius 3 is 2.80 bits per heavy atom. The summed E-state index contributed by atoms with van der Waals surface area (Å²) in [5.74, 6) is -0.376. The fourth-order valence-corrected chi connectivity index (χ4v) is 1.97. The van der Waals surface area contributed by atoms with Crippen molar-refractivity contribution in [1.82, 2.24) is 9.78 Å². The van der Waals surface area contributed by atoms with Gasteiger partial charge in [0.1, 0.15) is 6.61 Å². The number of carbonyl (C=O) groups excluding carboxylic acids is 1. The first-order valence-corrected chi connectivity index (χ1v) is 6.72. The third kappa shape index (κ3) is 3.17. The highest BCUT2D eigenvalue weighted by Crippen LogP contribution is 2.11. The molecule has 0 spiro atoms. The van der Waals surface area contributed by atoms with Gasteiger partial charge in [-0.15, -0.1) is 0 Å². The average molecular weight is 273 g/mol. The van der Waals surface area contributed by atoms with Crippen molar-refractivity contribution in [3.8, 4) is 0 Å². The molecule has 0 atom stereocenters. The van der Waals surface area contributed by atoms with Crippen molar-refractivity contribution in [3.63, 3.8) is 0 Å².